The first kappa shape index (κ1) is 15.0. The number of thiazole rings is 1. The minimum Gasteiger partial charge on any atom is -0.391 e. The molecule has 3 rings (SSSR count). The number of nitrogens with zero attached hydrogens (tertiary/aromatic N) is 2. The monoisotopic (exact) mass is 322 g/mol. The molecule has 1 aliphatic rings. The van der Waals surface area contributed by atoms with Crippen molar-refractivity contribution in [1.82, 2.24) is 4.98 Å². The quantitative estimate of drug-likeness (QED) is 0.822. The third-order valence-electron chi connectivity index (χ3n) is 4.08. The molecular formula is C16H22N2OS2. The van der Waals surface area contributed by atoms with Crippen molar-refractivity contribution in [3.8, 4) is 0 Å². The van der Waals surface area contributed by atoms with Crippen LogP contribution in [0.2, 0.25) is 0 Å². The average molecular weight is 322 g/mol. The molecular weight excluding hydrogens is 300 g/mol. The van der Waals surface area contributed by atoms with Gasteiger partial charge in [-0.1, -0.05) is 31.3 Å². The molecule has 21 heavy (non-hydrogen) atoms. The molecule has 2 heterocycles. The fourth-order valence-electron chi connectivity index (χ4n) is 2.47. The summed E-state index contributed by atoms with van der Waals surface area (Å²) in [5.41, 5.74) is 1.09. The summed E-state index contributed by atoms with van der Waals surface area (Å²) in [6.07, 6.45) is 3.58. The Morgan fingerprint density at radius 1 is 1.48 bits per heavy atom. The molecule has 2 aromatic heterocycles. The first-order valence-electron chi connectivity index (χ1n) is 7.62. The second-order valence-corrected chi connectivity index (χ2v) is 7.81. The van der Waals surface area contributed by atoms with Crippen molar-refractivity contribution < 1.29 is 5.11 Å². The Morgan fingerprint density at radius 2 is 2.29 bits per heavy atom. The molecule has 1 fully saturated rings. The number of thiophene rings is 1. The van der Waals surface area contributed by atoms with Crippen molar-refractivity contribution in [2.75, 3.05) is 4.90 Å². The SMILES string of the molecule is CCC(C)c1nc(N(Cc2cccs2)C2CC2)sc1CO. The van der Waals surface area contributed by atoms with Gasteiger partial charge >= 0.3 is 0 Å². The third kappa shape index (κ3) is 3.30. The highest BCUT2D eigenvalue weighted by atomic mass is 32.1. The molecule has 1 saturated carbocycles. The number of anilines is 1. The second kappa shape index (κ2) is 6.46. The number of aliphatic hydroxyl groups is 1. The van der Waals surface area contributed by atoms with E-state index >= 15 is 0 Å². The van der Waals surface area contributed by atoms with Crippen LogP contribution in [0.3, 0.4) is 0 Å². The normalized spacial score (nSPS) is 16.1. The van der Waals surface area contributed by atoms with Gasteiger partial charge < -0.3 is 10.0 Å². The molecule has 0 aliphatic heterocycles. The van der Waals surface area contributed by atoms with E-state index in [-0.39, 0.29) is 6.61 Å². The molecule has 1 N–H and O–H groups in total. The molecule has 0 spiro atoms. The van der Waals surface area contributed by atoms with E-state index in [0.29, 0.717) is 12.0 Å². The summed E-state index contributed by atoms with van der Waals surface area (Å²) in [6, 6.07) is 4.93. The van der Waals surface area contributed by atoms with Crippen LogP contribution in [0.15, 0.2) is 17.5 Å². The van der Waals surface area contributed by atoms with Crippen molar-refractivity contribution in [1.29, 1.82) is 0 Å². The van der Waals surface area contributed by atoms with E-state index in [2.05, 4.69) is 36.3 Å². The van der Waals surface area contributed by atoms with Crippen LogP contribution >= 0.6 is 22.7 Å². The molecule has 114 valence electrons. The minimum absolute atomic E-state index is 0.106. The third-order valence-corrected chi connectivity index (χ3v) is 6.03. The summed E-state index contributed by atoms with van der Waals surface area (Å²) >= 11 is 3.48. The Balaban J connectivity index is 1.87. The van der Waals surface area contributed by atoms with Gasteiger partial charge in [0.25, 0.3) is 0 Å². The van der Waals surface area contributed by atoms with Crippen LogP contribution in [-0.4, -0.2) is 16.1 Å². The molecule has 2 aromatic rings. The van der Waals surface area contributed by atoms with E-state index in [0.717, 1.165) is 28.7 Å². The van der Waals surface area contributed by atoms with Gasteiger partial charge in [0.1, 0.15) is 0 Å². The van der Waals surface area contributed by atoms with Gasteiger partial charge in [-0.25, -0.2) is 4.98 Å². The van der Waals surface area contributed by atoms with Gasteiger partial charge in [-0.05, 0) is 36.6 Å². The zero-order valence-electron chi connectivity index (χ0n) is 12.6. The average Bonchev–Trinajstić information content (AvgIpc) is 3.04. The lowest BCUT2D eigenvalue weighted by atomic mass is 10.0. The fourth-order valence-corrected chi connectivity index (χ4v) is 4.29. The minimum atomic E-state index is 0.106. The van der Waals surface area contributed by atoms with E-state index < -0.39 is 0 Å². The number of aliphatic hydroxyl groups excluding tert-OH is 1. The number of aromatic nitrogens is 1. The van der Waals surface area contributed by atoms with Crippen molar-refractivity contribution >= 4 is 27.8 Å². The molecule has 1 aliphatic carbocycles. The highest BCUT2D eigenvalue weighted by Crippen LogP contribution is 2.39. The molecule has 0 radical (unpaired) electrons. The van der Waals surface area contributed by atoms with E-state index in [9.17, 15) is 5.11 Å². The number of rotatable bonds is 7. The van der Waals surface area contributed by atoms with E-state index in [1.165, 1.54) is 17.7 Å². The summed E-state index contributed by atoms with van der Waals surface area (Å²) in [4.78, 5) is 9.74. The maximum Gasteiger partial charge on any atom is 0.186 e. The lowest BCUT2D eigenvalue weighted by molar-refractivity contribution is 0.283. The Hall–Kier alpha value is -0.910. The summed E-state index contributed by atoms with van der Waals surface area (Å²) in [7, 11) is 0. The van der Waals surface area contributed by atoms with Gasteiger partial charge in [0, 0.05) is 10.9 Å². The lowest BCUT2D eigenvalue weighted by Crippen LogP contribution is -2.24. The van der Waals surface area contributed by atoms with Crippen LogP contribution in [0.4, 0.5) is 5.13 Å². The molecule has 1 unspecified atom stereocenters. The summed E-state index contributed by atoms with van der Waals surface area (Å²) in [6.45, 7) is 5.42. The maximum atomic E-state index is 9.62. The summed E-state index contributed by atoms with van der Waals surface area (Å²) in [5.74, 6) is 0.417. The van der Waals surface area contributed by atoms with Crippen LogP contribution in [0.1, 0.15) is 54.5 Å². The van der Waals surface area contributed by atoms with Crippen molar-refractivity contribution in [2.24, 2.45) is 0 Å². The van der Waals surface area contributed by atoms with Gasteiger partial charge in [0.05, 0.1) is 23.7 Å². The topological polar surface area (TPSA) is 36.4 Å². The largest absolute Gasteiger partial charge is 0.391 e. The molecule has 5 heteroatoms. The van der Waals surface area contributed by atoms with Crippen molar-refractivity contribution in [2.45, 2.75) is 58.2 Å². The predicted molar refractivity (Wildman–Crippen MR) is 90.3 cm³/mol. The summed E-state index contributed by atoms with van der Waals surface area (Å²) < 4.78 is 0. The van der Waals surface area contributed by atoms with Crippen LogP contribution < -0.4 is 4.90 Å². The second-order valence-electron chi connectivity index (χ2n) is 5.71. The fraction of sp³-hybridized carbons (Fsp3) is 0.562. The van der Waals surface area contributed by atoms with E-state index in [1.54, 1.807) is 22.7 Å². The molecule has 1 atom stereocenters. The Bertz CT molecular complexity index is 575. The Morgan fingerprint density at radius 3 is 2.86 bits per heavy atom. The molecule has 0 amide bonds. The standard InChI is InChI=1S/C16H22N2OS2/c1-3-11(2)15-14(10-19)21-16(17-15)18(12-6-7-12)9-13-5-4-8-20-13/h4-5,8,11-12,19H,3,6-7,9-10H2,1-2H3. The maximum absolute atomic E-state index is 9.62. The molecule has 0 saturated heterocycles. The number of hydrogen-bond donors (Lipinski definition) is 1. The highest BCUT2D eigenvalue weighted by molar-refractivity contribution is 7.15. The molecule has 0 bridgehead atoms. The van der Waals surface area contributed by atoms with Crippen LogP contribution in [0, 0.1) is 0 Å². The van der Waals surface area contributed by atoms with Gasteiger partial charge in [-0.3, -0.25) is 0 Å². The predicted octanol–water partition coefficient (Wildman–Crippen LogP) is 4.38. The van der Waals surface area contributed by atoms with Gasteiger partial charge in [0.2, 0.25) is 0 Å². The van der Waals surface area contributed by atoms with E-state index in [1.807, 2.05) is 0 Å². The van der Waals surface area contributed by atoms with Gasteiger partial charge in [0.15, 0.2) is 5.13 Å². The summed E-state index contributed by atoms with van der Waals surface area (Å²) in [5, 5.41) is 12.8. The first-order valence-corrected chi connectivity index (χ1v) is 9.32. The van der Waals surface area contributed by atoms with Crippen molar-refractivity contribution in [3.05, 3.63) is 33.0 Å². The Kier molecular flexibility index (Phi) is 4.62. The molecule has 3 nitrogen and oxygen atoms in total. The zero-order valence-corrected chi connectivity index (χ0v) is 14.2. The van der Waals surface area contributed by atoms with Gasteiger partial charge in [-0.15, -0.1) is 11.3 Å². The van der Waals surface area contributed by atoms with Crippen molar-refractivity contribution in [3.63, 3.8) is 0 Å². The zero-order chi connectivity index (χ0) is 14.8. The smallest absolute Gasteiger partial charge is 0.186 e. The van der Waals surface area contributed by atoms with Crippen LogP contribution in [0.5, 0.6) is 0 Å². The number of hydrogen-bond acceptors (Lipinski definition) is 5. The lowest BCUT2D eigenvalue weighted by Gasteiger charge is -2.20. The highest BCUT2D eigenvalue weighted by Gasteiger charge is 2.32. The van der Waals surface area contributed by atoms with Crippen LogP contribution in [0.25, 0.3) is 0 Å². The van der Waals surface area contributed by atoms with Crippen LogP contribution in [-0.2, 0) is 13.2 Å². The Labute approximate surface area is 134 Å². The van der Waals surface area contributed by atoms with E-state index in [4.69, 9.17) is 4.98 Å². The first-order chi connectivity index (χ1) is 10.2. The molecule has 0 aromatic carbocycles. The van der Waals surface area contributed by atoms with Gasteiger partial charge in [-0.2, -0.15) is 0 Å².